The van der Waals surface area contributed by atoms with Crippen LogP contribution < -0.4 is 9.80 Å². The third-order valence-electron chi connectivity index (χ3n) is 2.72. The Bertz CT molecular complexity index is 540. The number of methoxy groups -OCH3 is 1. The summed E-state index contributed by atoms with van der Waals surface area (Å²) in [5.74, 6) is 0.164. The van der Waals surface area contributed by atoms with Crippen molar-refractivity contribution < 1.29 is 14.6 Å². The average molecular weight is 258 g/mol. The Kier molecular flexibility index (Phi) is 4.22. The number of aromatic nitrogens is 1. The van der Waals surface area contributed by atoms with Crippen molar-refractivity contribution in [3.8, 4) is 5.75 Å². The van der Waals surface area contributed by atoms with E-state index in [1.165, 1.54) is 0 Å². The zero-order chi connectivity index (χ0) is 13.7. The van der Waals surface area contributed by atoms with Crippen LogP contribution in [0.4, 0.5) is 0 Å². The van der Waals surface area contributed by atoms with Gasteiger partial charge < -0.3 is 15.0 Å². The Morgan fingerprint density at radius 1 is 1.21 bits per heavy atom. The topological polar surface area (TPSA) is 66.7 Å². The highest BCUT2D eigenvalue weighted by Gasteiger charge is 2.14. The molecule has 0 saturated heterocycles. The maximum atomic E-state index is 11.9. The zero-order valence-electron chi connectivity index (χ0n) is 10.5. The second-order valence-corrected chi connectivity index (χ2v) is 4.01. The number of rotatable bonds is 4. The second-order valence-electron chi connectivity index (χ2n) is 4.01. The molecule has 1 unspecified atom stereocenters. The van der Waals surface area contributed by atoms with E-state index in [-0.39, 0.29) is 6.54 Å². The van der Waals surface area contributed by atoms with Crippen molar-refractivity contribution in [2.24, 2.45) is 0 Å². The van der Waals surface area contributed by atoms with Crippen molar-refractivity contribution in [2.75, 3.05) is 7.11 Å². The minimum Gasteiger partial charge on any atom is -0.626 e. The minimum atomic E-state index is -0.487. The van der Waals surface area contributed by atoms with Gasteiger partial charge in [-0.15, -0.1) is 0 Å². The Morgan fingerprint density at radius 2 is 1.84 bits per heavy atom. The quantitative estimate of drug-likeness (QED) is 0.824. The fraction of sp³-hybridized carbons (Fsp3) is 0.143. The molecule has 0 spiro atoms. The van der Waals surface area contributed by atoms with E-state index in [0.29, 0.717) is 11.3 Å². The summed E-state index contributed by atoms with van der Waals surface area (Å²) in [5.41, 5.74) is 1.15. The van der Waals surface area contributed by atoms with Crippen LogP contribution >= 0.6 is 0 Å². The lowest BCUT2D eigenvalue weighted by molar-refractivity contribution is -0.773. The van der Waals surface area contributed by atoms with Crippen LogP contribution in [0.2, 0.25) is 0 Å². The number of quaternary nitrogens is 1. The molecule has 5 heteroatoms. The molecule has 1 atom stereocenters. The number of nitrogens with one attached hydrogen (secondary N) is 1. The maximum absolute atomic E-state index is 11.9. The molecule has 1 heterocycles. The van der Waals surface area contributed by atoms with Gasteiger partial charge in [-0.05, 0) is 36.4 Å². The largest absolute Gasteiger partial charge is 0.626 e. The molecule has 0 fully saturated rings. The summed E-state index contributed by atoms with van der Waals surface area (Å²) in [7, 11) is 1.55. The van der Waals surface area contributed by atoms with Gasteiger partial charge in [0, 0.05) is 18.0 Å². The number of hydroxylamine groups is 2. The highest BCUT2D eigenvalue weighted by Crippen LogP contribution is 2.10. The van der Waals surface area contributed by atoms with Gasteiger partial charge in [0.15, 0.2) is 0 Å². The lowest BCUT2D eigenvalue weighted by Crippen LogP contribution is -3.08. The van der Waals surface area contributed by atoms with Crippen molar-refractivity contribution in [3.63, 3.8) is 0 Å². The number of benzene rings is 1. The van der Waals surface area contributed by atoms with Crippen molar-refractivity contribution in [1.29, 1.82) is 0 Å². The lowest BCUT2D eigenvalue weighted by Gasteiger charge is -2.19. The van der Waals surface area contributed by atoms with Crippen molar-refractivity contribution in [3.05, 3.63) is 65.1 Å². The van der Waals surface area contributed by atoms with Crippen LogP contribution in [0.25, 0.3) is 0 Å². The minimum absolute atomic E-state index is 0.0907. The molecule has 1 aromatic carbocycles. The molecule has 0 aliphatic heterocycles. The fourth-order valence-corrected chi connectivity index (χ4v) is 1.67. The first-order valence-corrected chi connectivity index (χ1v) is 5.81. The Balaban J connectivity index is 2.06. The summed E-state index contributed by atoms with van der Waals surface area (Å²) in [6.07, 6.45) is 3.20. The molecule has 2 aromatic rings. The van der Waals surface area contributed by atoms with E-state index in [4.69, 9.17) is 4.74 Å². The molecule has 98 valence electrons. The predicted octanol–water partition coefficient (Wildman–Crippen LogP) is 0.813. The molecule has 0 radical (unpaired) electrons. The molecular formula is C14H14N2O3. The van der Waals surface area contributed by atoms with E-state index in [9.17, 15) is 10.0 Å². The number of nitrogens with zero attached hydrogens (tertiary/aromatic N) is 1. The summed E-state index contributed by atoms with van der Waals surface area (Å²) in [4.78, 5) is 15.8. The van der Waals surface area contributed by atoms with E-state index in [0.717, 1.165) is 5.56 Å². The van der Waals surface area contributed by atoms with Crippen LogP contribution in [-0.4, -0.2) is 18.0 Å². The number of amides is 1. The first-order chi connectivity index (χ1) is 9.20. The number of hydrogen-bond donors (Lipinski definition) is 1. The molecular weight excluding hydrogens is 244 g/mol. The zero-order valence-corrected chi connectivity index (χ0v) is 10.5. The smallest absolute Gasteiger partial charge is 0.344 e. The summed E-state index contributed by atoms with van der Waals surface area (Å²) < 4.78 is 5.00. The monoisotopic (exact) mass is 258 g/mol. The SMILES string of the molecule is COc1ccc(C(=O)[NH+]([O-])Cc2ccncc2)cc1. The first kappa shape index (κ1) is 13.2. The molecule has 1 aromatic heterocycles. The van der Waals surface area contributed by atoms with E-state index in [2.05, 4.69) is 4.98 Å². The van der Waals surface area contributed by atoms with Gasteiger partial charge in [0.1, 0.15) is 12.3 Å². The Morgan fingerprint density at radius 3 is 2.42 bits per heavy atom. The number of carbonyl (C=O) groups is 1. The van der Waals surface area contributed by atoms with Crippen LogP contribution in [-0.2, 0) is 6.54 Å². The molecule has 1 N–H and O–H groups in total. The van der Waals surface area contributed by atoms with Crippen LogP contribution in [0.3, 0.4) is 0 Å². The summed E-state index contributed by atoms with van der Waals surface area (Å²) in [6, 6.07) is 9.94. The summed E-state index contributed by atoms with van der Waals surface area (Å²) >= 11 is 0. The Hall–Kier alpha value is -2.24. The van der Waals surface area contributed by atoms with Gasteiger partial charge in [0.25, 0.3) is 0 Å². The normalized spacial score (nSPS) is 11.9. The summed E-state index contributed by atoms with van der Waals surface area (Å²) in [6.45, 7) is 0.0907. The molecule has 0 bridgehead atoms. The van der Waals surface area contributed by atoms with Crippen LogP contribution in [0.1, 0.15) is 15.9 Å². The molecule has 19 heavy (non-hydrogen) atoms. The van der Waals surface area contributed by atoms with Gasteiger partial charge >= 0.3 is 5.91 Å². The number of hydrogen-bond acceptors (Lipinski definition) is 4. The van der Waals surface area contributed by atoms with E-state index in [1.807, 2.05) is 0 Å². The van der Waals surface area contributed by atoms with E-state index in [1.54, 1.807) is 55.9 Å². The van der Waals surface area contributed by atoms with Crippen molar-refractivity contribution in [2.45, 2.75) is 6.54 Å². The van der Waals surface area contributed by atoms with Crippen LogP contribution in [0.5, 0.6) is 5.75 Å². The second kappa shape index (κ2) is 6.08. The number of pyridine rings is 1. The number of ether oxygens (including phenoxy) is 1. The van der Waals surface area contributed by atoms with E-state index >= 15 is 0 Å². The molecule has 0 aliphatic carbocycles. The highest BCUT2D eigenvalue weighted by molar-refractivity contribution is 5.87. The van der Waals surface area contributed by atoms with Crippen LogP contribution in [0.15, 0.2) is 48.8 Å². The third kappa shape index (κ3) is 3.37. The van der Waals surface area contributed by atoms with E-state index < -0.39 is 11.0 Å². The van der Waals surface area contributed by atoms with Gasteiger partial charge in [-0.25, -0.2) is 4.79 Å². The van der Waals surface area contributed by atoms with Gasteiger partial charge in [-0.1, -0.05) is 0 Å². The molecule has 2 rings (SSSR count). The van der Waals surface area contributed by atoms with Gasteiger partial charge in [0.05, 0.1) is 12.7 Å². The van der Waals surface area contributed by atoms with Crippen molar-refractivity contribution in [1.82, 2.24) is 4.98 Å². The van der Waals surface area contributed by atoms with Gasteiger partial charge in [-0.2, -0.15) is 0 Å². The molecule has 5 nitrogen and oxygen atoms in total. The number of carbonyl (C=O) groups excluding carboxylic acids is 1. The average Bonchev–Trinajstić information content (AvgIpc) is 2.47. The third-order valence-corrected chi connectivity index (χ3v) is 2.72. The highest BCUT2D eigenvalue weighted by atomic mass is 16.5. The van der Waals surface area contributed by atoms with Crippen LogP contribution in [0, 0.1) is 5.21 Å². The molecule has 0 aliphatic rings. The predicted molar refractivity (Wildman–Crippen MR) is 69.6 cm³/mol. The van der Waals surface area contributed by atoms with Gasteiger partial charge in [0.2, 0.25) is 0 Å². The lowest BCUT2D eigenvalue weighted by atomic mass is 10.2. The standard InChI is InChI=1S/C14H14N2O3/c1-19-13-4-2-12(3-5-13)14(17)16(18)10-11-6-8-15-9-7-11/h2-9,16H,10H2,1H3. The fourth-order valence-electron chi connectivity index (χ4n) is 1.67. The van der Waals surface area contributed by atoms with Crippen molar-refractivity contribution >= 4 is 5.91 Å². The molecule has 1 amide bonds. The summed E-state index contributed by atoms with van der Waals surface area (Å²) in [5, 5.41) is 11.4. The maximum Gasteiger partial charge on any atom is 0.344 e. The molecule has 0 saturated carbocycles. The first-order valence-electron chi connectivity index (χ1n) is 5.81. The van der Waals surface area contributed by atoms with Gasteiger partial charge in [-0.3, -0.25) is 4.98 Å². The Labute approximate surface area is 111 Å².